The molecule has 1 aromatic carbocycles. The maximum atomic E-state index is 6.21. The van der Waals surface area contributed by atoms with Gasteiger partial charge in [-0.25, -0.2) is 9.50 Å². The van der Waals surface area contributed by atoms with Crippen LogP contribution in [0.5, 0.6) is 5.88 Å². The predicted molar refractivity (Wildman–Crippen MR) is 105 cm³/mol. The van der Waals surface area contributed by atoms with E-state index in [0.29, 0.717) is 23.9 Å². The van der Waals surface area contributed by atoms with Gasteiger partial charge < -0.3 is 14.9 Å². The minimum absolute atomic E-state index is 0.233. The minimum atomic E-state index is -0.233. The van der Waals surface area contributed by atoms with Crippen LogP contribution in [0, 0.1) is 0 Å². The van der Waals surface area contributed by atoms with Crippen molar-refractivity contribution in [2.45, 2.75) is 6.04 Å². The molecule has 2 N–H and O–H groups in total. The Morgan fingerprint density at radius 1 is 1.07 bits per heavy atom. The molecule has 7 heteroatoms. The van der Waals surface area contributed by atoms with Crippen molar-refractivity contribution in [2.24, 2.45) is 5.73 Å². The molecule has 0 amide bonds. The number of fused-ring (bicyclic) bond motifs is 2. The molecule has 28 heavy (non-hydrogen) atoms. The van der Waals surface area contributed by atoms with E-state index in [1.54, 1.807) is 29.2 Å². The number of nitrogens with two attached hydrogens (primary N) is 1. The van der Waals surface area contributed by atoms with Gasteiger partial charge in [0.2, 0.25) is 5.88 Å². The third-order valence-electron chi connectivity index (χ3n) is 4.55. The number of benzene rings is 1. The fourth-order valence-corrected chi connectivity index (χ4v) is 3.08. The summed E-state index contributed by atoms with van der Waals surface area (Å²) in [6, 6.07) is 17.0. The van der Waals surface area contributed by atoms with Crippen LogP contribution >= 0.6 is 0 Å². The fraction of sp³-hybridized carbons (Fsp3) is 0.0952. The number of rotatable bonds is 5. The molecular weight excluding hydrogens is 354 g/mol. The van der Waals surface area contributed by atoms with Crippen molar-refractivity contribution in [3.8, 4) is 17.3 Å². The van der Waals surface area contributed by atoms with E-state index < -0.39 is 0 Å². The number of nitrogens with zero attached hydrogens (tertiary/aromatic N) is 4. The average Bonchev–Trinajstić information content (AvgIpc) is 3.36. The summed E-state index contributed by atoms with van der Waals surface area (Å²) in [5, 5.41) is 5.47. The molecule has 0 aliphatic carbocycles. The summed E-state index contributed by atoms with van der Waals surface area (Å²) in [5.41, 5.74) is 9.43. The number of ether oxygens (including phenoxy) is 1. The summed E-state index contributed by atoms with van der Waals surface area (Å²) in [7, 11) is 0. The third kappa shape index (κ3) is 2.97. The van der Waals surface area contributed by atoms with E-state index in [0.717, 1.165) is 22.2 Å². The van der Waals surface area contributed by atoms with Crippen LogP contribution in [-0.4, -0.2) is 26.2 Å². The number of imidazole rings is 1. The Morgan fingerprint density at radius 2 is 1.96 bits per heavy atom. The van der Waals surface area contributed by atoms with Crippen LogP contribution in [0.3, 0.4) is 0 Å². The highest BCUT2D eigenvalue weighted by Gasteiger charge is 2.14. The second-order valence-corrected chi connectivity index (χ2v) is 6.44. The molecule has 0 unspecified atom stereocenters. The first-order valence-corrected chi connectivity index (χ1v) is 8.90. The number of hydrogen-bond acceptors (Lipinski definition) is 6. The number of aromatic nitrogens is 4. The van der Waals surface area contributed by atoms with Crippen molar-refractivity contribution < 1.29 is 9.15 Å². The van der Waals surface area contributed by atoms with Gasteiger partial charge in [0.05, 0.1) is 12.2 Å². The zero-order chi connectivity index (χ0) is 18.9. The molecule has 0 aliphatic heterocycles. The van der Waals surface area contributed by atoms with Gasteiger partial charge in [-0.2, -0.15) is 0 Å². The first kappa shape index (κ1) is 16.5. The fourth-order valence-electron chi connectivity index (χ4n) is 3.08. The molecule has 0 aliphatic rings. The molecule has 4 heterocycles. The Bertz CT molecular complexity index is 1210. The molecule has 4 aromatic heterocycles. The molecule has 0 saturated heterocycles. The van der Waals surface area contributed by atoms with Crippen molar-refractivity contribution in [1.29, 1.82) is 0 Å². The molecule has 0 bridgehead atoms. The Labute approximate surface area is 160 Å². The lowest BCUT2D eigenvalue weighted by Crippen LogP contribution is -2.19. The molecule has 0 saturated carbocycles. The quantitative estimate of drug-likeness (QED) is 0.507. The van der Waals surface area contributed by atoms with Crippen LogP contribution in [0.25, 0.3) is 28.1 Å². The molecule has 0 fully saturated rings. The standard InChI is InChI=1S/C21H17N5O2/c22-16(14-4-2-1-3-5-14)13-27-21-7-6-20-24-12-17(26(20)25-21)19-10-15-11-23-9-8-18(15)28-19/h1-12,16H,13,22H2/t16-/m0/s1. The van der Waals surface area contributed by atoms with Crippen molar-refractivity contribution >= 4 is 16.6 Å². The normalized spacial score (nSPS) is 12.5. The number of pyridine rings is 1. The maximum absolute atomic E-state index is 6.21. The van der Waals surface area contributed by atoms with Crippen LogP contribution in [0.2, 0.25) is 0 Å². The van der Waals surface area contributed by atoms with Crippen LogP contribution in [0.15, 0.2) is 77.6 Å². The summed E-state index contributed by atoms with van der Waals surface area (Å²) in [6.45, 7) is 0.322. The van der Waals surface area contributed by atoms with Gasteiger partial charge in [0.1, 0.15) is 17.9 Å². The maximum Gasteiger partial charge on any atom is 0.231 e. The first-order chi connectivity index (χ1) is 13.8. The smallest absolute Gasteiger partial charge is 0.231 e. The largest absolute Gasteiger partial charge is 0.475 e. The van der Waals surface area contributed by atoms with Gasteiger partial charge in [0.25, 0.3) is 0 Å². The van der Waals surface area contributed by atoms with Crippen molar-refractivity contribution in [3.63, 3.8) is 0 Å². The van der Waals surface area contributed by atoms with E-state index in [9.17, 15) is 0 Å². The van der Waals surface area contributed by atoms with Crippen molar-refractivity contribution in [2.75, 3.05) is 6.61 Å². The molecule has 0 radical (unpaired) electrons. The summed E-state index contributed by atoms with van der Waals surface area (Å²) >= 11 is 0. The molecule has 5 rings (SSSR count). The van der Waals surface area contributed by atoms with E-state index in [4.69, 9.17) is 14.9 Å². The first-order valence-electron chi connectivity index (χ1n) is 8.90. The van der Waals surface area contributed by atoms with Crippen molar-refractivity contribution in [1.82, 2.24) is 19.6 Å². The third-order valence-corrected chi connectivity index (χ3v) is 4.55. The monoisotopic (exact) mass is 371 g/mol. The Hall–Kier alpha value is -3.71. The van der Waals surface area contributed by atoms with Gasteiger partial charge in [0.15, 0.2) is 11.4 Å². The molecule has 5 aromatic rings. The van der Waals surface area contributed by atoms with E-state index in [2.05, 4.69) is 15.1 Å². The van der Waals surface area contributed by atoms with Gasteiger partial charge in [-0.15, -0.1) is 5.10 Å². The zero-order valence-corrected chi connectivity index (χ0v) is 14.9. The summed E-state index contributed by atoms with van der Waals surface area (Å²) in [6.07, 6.45) is 5.19. The molecule has 7 nitrogen and oxygen atoms in total. The van der Waals surface area contributed by atoms with Crippen LogP contribution < -0.4 is 10.5 Å². The SMILES string of the molecule is N[C@@H](COc1ccc2ncc(-c3cc4cnccc4o3)n2n1)c1ccccc1. The Balaban J connectivity index is 1.43. The van der Waals surface area contributed by atoms with Gasteiger partial charge in [-0.3, -0.25) is 4.98 Å². The lowest BCUT2D eigenvalue weighted by atomic mass is 10.1. The van der Waals surface area contributed by atoms with E-state index in [1.165, 1.54) is 0 Å². The highest BCUT2D eigenvalue weighted by atomic mass is 16.5. The van der Waals surface area contributed by atoms with Gasteiger partial charge in [0, 0.05) is 23.8 Å². The van der Waals surface area contributed by atoms with E-state index in [1.807, 2.05) is 48.5 Å². The topological polar surface area (TPSA) is 91.5 Å². The second-order valence-electron chi connectivity index (χ2n) is 6.44. The Morgan fingerprint density at radius 3 is 2.82 bits per heavy atom. The van der Waals surface area contributed by atoms with Gasteiger partial charge in [-0.1, -0.05) is 30.3 Å². The van der Waals surface area contributed by atoms with E-state index >= 15 is 0 Å². The highest BCUT2D eigenvalue weighted by Crippen LogP contribution is 2.28. The summed E-state index contributed by atoms with van der Waals surface area (Å²) < 4.78 is 13.4. The minimum Gasteiger partial charge on any atom is -0.475 e. The molecule has 0 spiro atoms. The lowest BCUT2D eigenvalue weighted by molar-refractivity contribution is 0.276. The van der Waals surface area contributed by atoms with Crippen LogP contribution in [0.1, 0.15) is 11.6 Å². The molecular formula is C21H17N5O2. The van der Waals surface area contributed by atoms with E-state index in [-0.39, 0.29) is 6.04 Å². The second kappa shape index (κ2) is 6.79. The lowest BCUT2D eigenvalue weighted by Gasteiger charge is -2.13. The average molecular weight is 371 g/mol. The summed E-state index contributed by atoms with van der Waals surface area (Å²) in [4.78, 5) is 8.51. The van der Waals surface area contributed by atoms with Gasteiger partial charge >= 0.3 is 0 Å². The van der Waals surface area contributed by atoms with Crippen molar-refractivity contribution in [3.05, 3.63) is 78.8 Å². The number of furan rings is 1. The summed E-state index contributed by atoms with van der Waals surface area (Å²) in [5.74, 6) is 1.14. The molecule has 138 valence electrons. The molecule has 1 atom stereocenters. The predicted octanol–water partition coefficient (Wildman–Crippen LogP) is 3.62. The Kier molecular flexibility index (Phi) is 3.99. The number of hydrogen-bond donors (Lipinski definition) is 1. The highest BCUT2D eigenvalue weighted by molar-refractivity contribution is 5.81. The zero-order valence-electron chi connectivity index (χ0n) is 14.9. The van der Waals surface area contributed by atoms with Crippen LogP contribution in [-0.2, 0) is 0 Å². The van der Waals surface area contributed by atoms with Crippen LogP contribution in [0.4, 0.5) is 0 Å². The van der Waals surface area contributed by atoms with Gasteiger partial charge in [-0.05, 0) is 23.8 Å².